The molecular weight excluding hydrogens is 314 g/mol. The second kappa shape index (κ2) is 7.76. The predicted octanol–water partition coefficient (Wildman–Crippen LogP) is 1.70. The summed E-state index contributed by atoms with van der Waals surface area (Å²) in [7, 11) is 0. The smallest absolute Gasteiger partial charge is 0.279 e. The van der Waals surface area contributed by atoms with Crippen LogP contribution in [0.5, 0.6) is 0 Å². The van der Waals surface area contributed by atoms with Gasteiger partial charge < -0.3 is 16.4 Å². The van der Waals surface area contributed by atoms with Gasteiger partial charge in [-0.25, -0.2) is 0 Å². The van der Waals surface area contributed by atoms with Crippen LogP contribution in [0.2, 0.25) is 5.02 Å². The fourth-order valence-electron chi connectivity index (χ4n) is 2.19. The van der Waals surface area contributed by atoms with Crippen molar-refractivity contribution in [1.29, 1.82) is 0 Å². The highest BCUT2D eigenvalue weighted by Gasteiger charge is 2.14. The molecule has 2 amide bonds. The molecule has 2 rings (SSSR count). The summed E-state index contributed by atoms with van der Waals surface area (Å²) in [5.74, 6) is -0.625. The van der Waals surface area contributed by atoms with Gasteiger partial charge in [0, 0.05) is 21.8 Å². The Morgan fingerprint density at radius 2 is 1.83 bits per heavy atom. The van der Waals surface area contributed by atoms with Crippen molar-refractivity contribution in [2.45, 2.75) is 13.0 Å². The van der Waals surface area contributed by atoms with Gasteiger partial charge >= 0.3 is 0 Å². The van der Waals surface area contributed by atoms with Crippen molar-refractivity contribution in [2.24, 2.45) is 5.73 Å². The molecule has 1 atom stereocenters. The summed E-state index contributed by atoms with van der Waals surface area (Å²) in [6.45, 7) is 2.26. The third kappa shape index (κ3) is 4.81. The van der Waals surface area contributed by atoms with Gasteiger partial charge in [0.05, 0.1) is 0 Å². The molecule has 0 unspecified atom stereocenters. The fraction of sp³-hybridized carbons (Fsp3) is 0.176. The van der Waals surface area contributed by atoms with Crippen molar-refractivity contribution in [3.8, 4) is 0 Å². The number of nitrogens with two attached hydrogens (primary N) is 2. The Bertz CT molecular complexity index is 701. The van der Waals surface area contributed by atoms with Gasteiger partial charge in [-0.3, -0.25) is 9.59 Å². The number of benzene rings is 2. The Balaban J connectivity index is 1.87. The first kappa shape index (κ1) is 17.0. The number of primary amides is 1. The second-order valence-corrected chi connectivity index (χ2v) is 5.65. The molecule has 23 heavy (non-hydrogen) atoms. The standard InChI is InChI=1S/C17H18ClN3O2/c1-11(14-4-2-3-5-15(14)18)20-10-16(22)21-13-8-6-12(7-9-13)17(19)23/h2-9,11,20H,10H2,1H3,(H2,19,23)(H,21,22)/p+1/t11-/m0/s1. The molecule has 0 bridgehead atoms. The molecule has 2 aromatic rings. The van der Waals surface area contributed by atoms with Gasteiger partial charge in [-0.2, -0.15) is 0 Å². The van der Waals surface area contributed by atoms with Crippen LogP contribution in [0, 0.1) is 0 Å². The summed E-state index contributed by atoms with van der Waals surface area (Å²) in [6.07, 6.45) is 0. The summed E-state index contributed by atoms with van der Waals surface area (Å²) < 4.78 is 0. The molecule has 5 nitrogen and oxygen atoms in total. The maximum Gasteiger partial charge on any atom is 0.279 e. The third-order valence-corrected chi connectivity index (χ3v) is 3.85. The molecule has 0 aliphatic heterocycles. The topological polar surface area (TPSA) is 88.8 Å². The maximum atomic E-state index is 12.0. The highest BCUT2D eigenvalue weighted by molar-refractivity contribution is 6.31. The number of hydrogen-bond acceptors (Lipinski definition) is 2. The molecule has 5 N–H and O–H groups in total. The van der Waals surface area contributed by atoms with Crippen molar-refractivity contribution in [2.75, 3.05) is 11.9 Å². The van der Waals surface area contributed by atoms with E-state index >= 15 is 0 Å². The molecule has 2 aromatic carbocycles. The lowest BCUT2D eigenvalue weighted by atomic mass is 10.1. The molecule has 0 radical (unpaired) electrons. The van der Waals surface area contributed by atoms with Crippen LogP contribution in [0.25, 0.3) is 0 Å². The van der Waals surface area contributed by atoms with E-state index in [1.807, 2.05) is 36.5 Å². The minimum atomic E-state index is -0.496. The summed E-state index contributed by atoms with van der Waals surface area (Å²) in [4.78, 5) is 23.0. The van der Waals surface area contributed by atoms with Gasteiger partial charge in [0.25, 0.3) is 5.91 Å². The highest BCUT2D eigenvalue weighted by atomic mass is 35.5. The summed E-state index contributed by atoms with van der Waals surface area (Å²) in [5, 5.41) is 5.38. The Kier molecular flexibility index (Phi) is 5.73. The molecule has 0 aromatic heterocycles. The van der Waals surface area contributed by atoms with Gasteiger partial charge in [0.1, 0.15) is 6.04 Å². The number of rotatable bonds is 6. The Labute approximate surface area is 139 Å². The quantitative estimate of drug-likeness (QED) is 0.751. The van der Waals surface area contributed by atoms with Crippen LogP contribution in [-0.2, 0) is 4.79 Å². The first-order chi connectivity index (χ1) is 11.0. The van der Waals surface area contributed by atoms with Gasteiger partial charge in [-0.15, -0.1) is 0 Å². The van der Waals surface area contributed by atoms with Crippen LogP contribution in [0.4, 0.5) is 5.69 Å². The number of amides is 2. The molecular formula is C17H19ClN3O2+. The van der Waals surface area contributed by atoms with E-state index in [2.05, 4.69) is 5.32 Å². The SMILES string of the molecule is C[C@H]([NH2+]CC(=O)Nc1ccc(C(N)=O)cc1)c1ccccc1Cl. The number of hydrogen-bond donors (Lipinski definition) is 3. The third-order valence-electron chi connectivity index (χ3n) is 3.51. The number of halogens is 1. The first-order valence-electron chi connectivity index (χ1n) is 7.25. The van der Waals surface area contributed by atoms with Crippen LogP contribution in [-0.4, -0.2) is 18.4 Å². The zero-order valence-electron chi connectivity index (χ0n) is 12.8. The van der Waals surface area contributed by atoms with Crippen LogP contribution in [0.1, 0.15) is 28.9 Å². The number of quaternary nitrogens is 1. The molecule has 120 valence electrons. The van der Waals surface area contributed by atoms with E-state index in [0.717, 1.165) is 5.56 Å². The summed E-state index contributed by atoms with van der Waals surface area (Å²) in [5.41, 5.74) is 7.19. The van der Waals surface area contributed by atoms with Gasteiger partial charge in [-0.05, 0) is 37.3 Å². The van der Waals surface area contributed by atoms with Crippen molar-refractivity contribution in [3.05, 3.63) is 64.7 Å². The van der Waals surface area contributed by atoms with Crippen LogP contribution < -0.4 is 16.4 Å². The predicted molar refractivity (Wildman–Crippen MR) is 90.2 cm³/mol. The molecule has 0 fully saturated rings. The van der Waals surface area contributed by atoms with Crippen LogP contribution in [0.15, 0.2) is 48.5 Å². The zero-order chi connectivity index (χ0) is 16.8. The van der Waals surface area contributed by atoms with E-state index < -0.39 is 5.91 Å². The Morgan fingerprint density at radius 1 is 1.17 bits per heavy atom. The summed E-state index contributed by atoms with van der Waals surface area (Å²) in [6, 6.07) is 14.1. The number of carbonyl (C=O) groups is 2. The molecule has 6 heteroatoms. The maximum absolute atomic E-state index is 12.0. The average Bonchev–Trinajstić information content (AvgIpc) is 2.53. The van der Waals surface area contributed by atoms with Crippen LogP contribution >= 0.6 is 11.6 Å². The lowest BCUT2D eigenvalue weighted by Gasteiger charge is -2.12. The number of carbonyl (C=O) groups excluding carboxylic acids is 2. The van der Waals surface area contributed by atoms with Crippen molar-refractivity contribution in [3.63, 3.8) is 0 Å². The molecule has 0 saturated carbocycles. The molecule has 0 saturated heterocycles. The van der Waals surface area contributed by atoms with Crippen LogP contribution in [0.3, 0.4) is 0 Å². The lowest BCUT2D eigenvalue weighted by molar-refractivity contribution is -0.682. The van der Waals surface area contributed by atoms with E-state index in [9.17, 15) is 9.59 Å². The van der Waals surface area contributed by atoms with Crippen molar-refractivity contribution < 1.29 is 14.9 Å². The minimum Gasteiger partial charge on any atom is -0.366 e. The Hall–Kier alpha value is -2.37. The largest absolute Gasteiger partial charge is 0.366 e. The average molecular weight is 333 g/mol. The van der Waals surface area contributed by atoms with E-state index in [0.29, 0.717) is 16.3 Å². The van der Waals surface area contributed by atoms with Gasteiger partial charge in [0.2, 0.25) is 5.91 Å². The second-order valence-electron chi connectivity index (χ2n) is 5.24. The zero-order valence-corrected chi connectivity index (χ0v) is 13.5. The van der Waals surface area contributed by atoms with Gasteiger partial charge in [0.15, 0.2) is 6.54 Å². The Morgan fingerprint density at radius 3 is 2.43 bits per heavy atom. The van der Waals surface area contributed by atoms with E-state index in [-0.39, 0.29) is 18.5 Å². The van der Waals surface area contributed by atoms with Gasteiger partial charge in [-0.1, -0.05) is 29.8 Å². The lowest BCUT2D eigenvalue weighted by Crippen LogP contribution is -2.86. The van der Waals surface area contributed by atoms with E-state index in [1.165, 1.54) is 0 Å². The minimum absolute atomic E-state index is 0.0756. The monoisotopic (exact) mass is 332 g/mol. The highest BCUT2D eigenvalue weighted by Crippen LogP contribution is 2.19. The molecule has 0 aliphatic carbocycles. The van der Waals surface area contributed by atoms with Crippen molar-refractivity contribution in [1.82, 2.24) is 0 Å². The molecule has 0 aliphatic rings. The van der Waals surface area contributed by atoms with E-state index in [4.69, 9.17) is 17.3 Å². The molecule has 0 spiro atoms. The van der Waals surface area contributed by atoms with E-state index in [1.54, 1.807) is 24.3 Å². The summed E-state index contributed by atoms with van der Waals surface area (Å²) >= 11 is 6.15. The fourth-order valence-corrected chi connectivity index (χ4v) is 2.49. The number of anilines is 1. The molecule has 0 heterocycles. The first-order valence-corrected chi connectivity index (χ1v) is 7.62. The number of nitrogens with one attached hydrogen (secondary N) is 1. The van der Waals surface area contributed by atoms with Crippen molar-refractivity contribution >= 4 is 29.1 Å². The normalized spacial score (nSPS) is 11.7.